The topological polar surface area (TPSA) is 278 Å². The largest absolute Gasteiger partial charge is 0.489 e. The Labute approximate surface area is 507 Å². The van der Waals surface area contributed by atoms with Gasteiger partial charge in [0.15, 0.2) is 4.84 Å². The summed E-state index contributed by atoms with van der Waals surface area (Å²) in [6.07, 6.45) is 8.25. The van der Waals surface area contributed by atoms with Gasteiger partial charge in [0.25, 0.3) is 5.91 Å². The average molecular weight is 1280 g/mol. The molecule has 0 aliphatic carbocycles. The number of methoxy groups -OCH3 is 1. The van der Waals surface area contributed by atoms with E-state index in [0.717, 1.165) is 60.6 Å². The van der Waals surface area contributed by atoms with Gasteiger partial charge in [-0.3, -0.25) is 28.8 Å². The van der Waals surface area contributed by atoms with Gasteiger partial charge in [0.05, 0.1) is 58.6 Å². The summed E-state index contributed by atoms with van der Waals surface area (Å²) < 4.78 is 29.1. The molecular formula is C53H70Cl6N11O11P. The van der Waals surface area contributed by atoms with Crippen molar-refractivity contribution in [3.63, 3.8) is 0 Å². The molecule has 0 fully saturated rings. The summed E-state index contributed by atoms with van der Waals surface area (Å²) in [6, 6.07) is 16.4. The van der Waals surface area contributed by atoms with Crippen molar-refractivity contribution in [1.82, 2.24) is 34.6 Å². The van der Waals surface area contributed by atoms with Gasteiger partial charge in [-0.25, -0.2) is 4.79 Å². The first kappa shape index (κ1) is 70.9. The molecule has 4 heterocycles. The van der Waals surface area contributed by atoms with Crippen LogP contribution in [0.1, 0.15) is 78.3 Å². The fourth-order valence-electron chi connectivity index (χ4n) is 7.82. The summed E-state index contributed by atoms with van der Waals surface area (Å²) in [5, 5.41) is 21.4. The molecular weight excluding hydrogens is 1210 g/mol. The molecule has 2 aliphatic rings. The Bertz CT molecular complexity index is 3060. The highest BCUT2D eigenvalue weighted by Crippen LogP contribution is 2.36. The second-order valence-corrected chi connectivity index (χ2v) is 23.2. The molecule has 450 valence electrons. The van der Waals surface area contributed by atoms with Crippen LogP contribution in [-0.2, 0) is 43.1 Å². The van der Waals surface area contributed by atoms with Gasteiger partial charge < -0.3 is 49.5 Å². The number of carbonyl (C=O) groups is 3. The Kier molecular flexibility index (Phi) is 29.7. The number of aromatic nitrogens is 6. The van der Waals surface area contributed by atoms with Crippen LogP contribution >= 0.6 is 77.2 Å². The van der Waals surface area contributed by atoms with Crippen molar-refractivity contribution in [2.75, 3.05) is 72.6 Å². The van der Waals surface area contributed by atoms with Crippen LogP contribution in [0.15, 0.2) is 59.4 Å². The molecule has 0 saturated heterocycles. The third-order valence-electron chi connectivity index (χ3n) is 11.2. The lowest BCUT2D eigenvalue weighted by molar-refractivity contribution is -0.135. The quantitative estimate of drug-likeness (QED) is 0.0287. The van der Waals surface area contributed by atoms with Gasteiger partial charge in [0.2, 0.25) is 23.1 Å². The van der Waals surface area contributed by atoms with Crippen molar-refractivity contribution in [1.29, 1.82) is 0 Å². The molecule has 2 atom stereocenters. The number of aliphatic carboxylic acids is 1. The van der Waals surface area contributed by atoms with E-state index < -0.39 is 31.2 Å². The Hall–Kier alpha value is -5.41. The van der Waals surface area contributed by atoms with Gasteiger partial charge in [0, 0.05) is 38.2 Å². The number of alkyl halides is 3. The van der Waals surface area contributed by atoms with Crippen molar-refractivity contribution in [3.05, 3.63) is 97.4 Å². The number of carboxylic acids is 1. The van der Waals surface area contributed by atoms with Crippen LogP contribution in [0.4, 0.5) is 23.3 Å². The van der Waals surface area contributed by atoms with Crippen LogP contribution in [0.25, 0.3) is 5.69 Å². The lowest BCUT2D eigenvalue weighted by atomic mass is 10.0. The molecule has 29 heteroatoms. The average Bonchev–Trinajstić information content (AvgIpc) is 3.76. The number of nitrogens with zero attached hydrogens (tertiary/aromatic N) is 8. The number of nitrogens with one attached hydrogen (secondary N) is 3. The Morgan fingerprint density at radius 3 is 2.27 bits per heavy atom. The number of rotatable bonds is 17. The minimum atomic E-state index is -4.10. The number of hydrogen-bond acceptors (Lipinski definition) is 15. The van der Waals surface area contributed by atoms with Crippen molar-refractivity contribution >= 4 is 118 Å². The lowest BCUT2D eigenvalue weighted by Gasteiger charge is -2.35. The Morgan fingerprint density at radius 2 is 1.68 bits per heavy atom. The molecule has 22 nitrogen and oxygen atoms in total. The molecule has 82 heavy (non-hydrogen) atoms. The van der Waals surface area contributed by atoms with E-state index in [9.17, 15) is 23.7 Å². The predicted octanol–water partition coefficient (Wildman–Crippen LogP) is 9.42. The van der Waals surface area contributed by atoms with Crippen LogP contribution in [0.2, 0.25) is 15.3 Å². The fourth-order valence-corrected chi connectivity index (χ4v) is 9.24. The fraction of sp³-hybridized carbons (Fsp3) is 0.472. The van der Waals surface area contributed by atoms with Crippen molar-refractivity contribution in [2.24, 2.45) is 0 Å². The van der Waals surface area contributed by atoms with Crippen LogP contribution in [-0.4, -0.2) is 137 Å². The first-order chi connectivity index (χ1) is 38.6. The maximum absolute atomic E-state index is 12.5. The van der Waals surface area contributed by atoms with E-state index in [0.29, 0.717) is 58.9 Å². The van der Waals surface area contributed by atoms with Crippen LogP contribution in [0, 0.1) is 19.3 Å². The van der Waals surface area contributed by atoms with Gasteiger partial charge in [-0.1, -0.05) is 89.6 Å². The zero-order valence-corrected chi connectivity index (χ0v) is 52.3. The van der Waals surface area contributed by atoms with Gasteiger partial charge in [-0.2, -0.15) is 19.6 Å². The number of benzene rings is 3. The highest BCUT2D eigenvalue weighted by molar-refractivity contribution is 7.51. The van der Waals surface area contributed by atoms with Crippen LogP contribution in [0.3, 0.4) is 0 Å². The SMILES string of the molecule is C#CCOc1cc(-n2nc3n(c2=O)CCCC3)c(Cl)cc1Cl.CC1COc2ccccc2N1C(=O)C(Cl)Cl.CCNc1nc(Cl)nc(NC(C)(C)C)n1.CCc1cccc(C)c1N(C(=O)CCl)C(C)COC.O=C(O)CNCP(=O)(O)O. The molecule has 0 spiro atoms. The van der Waals surface area contributed by atoms with E-state index in [2.05, 4.69) is 54.9 Å². The van der Waals surface area contributed by atoms with Crippen molar-refractivity contribution < 1.29 is 48.1 Å². The van der Waals surface area contributed by atoms with Gasteiger partial charge in [0.1, 0.15) is 36.4 Å². The number of fused-ring (bicyclic) bond motifs is 2. The predicted molar refractivity (Wildman–Crippen MR) is 325 cm³/mol. The van der Waals surface area contributed by atoms with E-state index in [4.69, 9.17) is 105 Å². The summed E-state index contributed by atoms with van der Waals surface area (Å²) in [6.45, 7) is 18.0. The van der Waals surface area contributed by atoms with Crippen LogP contribution < -0.4 is 40.9 Å². The number of carbonyl (C=O) groups excluding carboxylic acids is 2. The monoisotopic (exact) mass is 1280 g/mol. The van der Waals surface area contributed by atoms with Crippen LogP contribution in [0.5, 0.6) is 11.5 Å². The minimum Gasteiger partial charge on any atom is -0.489 e. The van der Waals surface area contributed by atoms with E-state index in [1.54, 1.807) is 27.5 Å². The molecule has 0 saturated carbocycles. The molecule has 5 aromatic rings. The maximum atomic E-state index is 12.5. The Morgan fingerprint density at radius 1 is 1.00 bits per heavy atom. The number of halogens is 6. The molecule has 3 aromatic carbocycles. The van der Waals surface area contributed by atoms with Gasteiger partial charge in [-0.05, 0) is 109 Å². The summed E-state index contributed by atoms with van der Waals surface area (Å²) in [5.74, 6) is 3.60. The second kappa shape index (κ2) is 34.4. The van der Waals surface area contributed by atoms with Crippen molar-refractivity contribution in [3.8, 4) is 29.5 Å². The molecule has 2 aliphatic heterocycles. The summed E-state index contributed by atoms with van der Waals surface area (Å²) in [7, 11) is -2.46. The normalized spacial score (nSPS) is 13.7. The second-order valence-electron chi connectivity index (χ2n) is 19.0. The van der Waals surface area contributed by atoms with Gasteiger partial charge in [-0.15, -0.1) is 23.1 Å². The van der Waals surface area contributed by atoms with Gasteiger partial charge >= 0.3 is 19.3 Å². The molecule has 0 bridgehead atoms. The zero-order valence-electron chi connectivity index (χ0n) is 46.9. The van der Waals surface area contributed by atoms with E-state index in [-0.39, 0.29) is 52.9 Å². The summed E-state index contributed by atoms with van der Waals surface area (Å²) in [5.41, 5.74) is 4.06. The number of hydrogen-bond donors (Lipinski definition) is 6. The number of carboxylic acid groups (broad SMARTS) is 1. The molecule has 2 unspecified atom stereocenters. The summed E-state index contributed by atoms with van der Waals surface area (Å²) in [4.78, 5) is 77.1. The zero-order chi connectivity index (χ0) is 61.5. The molecule has 2 aromatic heterocycles. The standard InChI is InChI=1S/C15H13Cl2N3O2.C15H22ClNO2.C11H11Cl2NO2.C9H16ClN5.C3H8NO5P/c1-2-7-22-13-9-12(10(16)8-11(13)17)20-15(21)19-6-4-3-5-14(19)18-20;1-5-13-8-6-7-11(2)15(13)17(14(18)9-16)12(3)10-19-4;1-7-6-16-9-5-3-2-4-8(9)14(7)11(15)10(12)13;1-5-11-7-12-6(10)13-8(14-7)15-9(2,3)4;5-3(6)1-4-2-10(7,8)9/h1,8-9H,3-7H2;6-8,12H,5,9-10H2,1-4H3;2-5,7,10H,6H2,1H3;5H2,1-4H3,(H2,11,12,13,14,15);4H,1-2H2,(H,5,6)(H2,7,8,9). The first-order valence-electron chi connectivity index (χ1n) is 25.5. The van der Waals surface area contributed by atoms with E-state index >= 15 is 0 Å². The Balaban J connectivity index is 0.000000275. The number of ether oxygens (including phenoxy) is 3. The third-order valence-corrected chi connectivity index (χ3v) is 13.2. The summed E-state index contributed by atoms with van der Waals surface area (Å²) >= 11 is 35.1. The number of terminal acetylenes is 1. The minimum absolute atomic E-state index is 0.0223. The number of para-hydroxylation sites is 3. The number of anilines is 4. The van der Waals surface area contributed by atoms with E-state index in [1.165, 1.54) is 10.7 Å². The van der Waals surface area contributed by atoms with Crippen molar-refractivity contribution in [2.45, 2.75) is 110 Å². The number of amides is 2. The highest BCUT2D eigenvalue weighted by Gasteiger charge is 2.32. The molecule has 6 N–H and O–H groups in total. The molecule has 0 radical (unpaired) electrons. The third kappa shape index (κ3) is 22.6. The smallest absolute Gasteiger partial charge is 0.350 e. The molecule has 2 amide bonds. The number of aryl methyl sites for hydroxylation is 3. The first-order valence-corrected chi connectivity index (χ1v) is 29.9. The lowest BCUT2D eigenvalue weighted by Crippen LogP contribution is -2.47. The molecule has 7 rings (SSSR count). The highest BCUT2D eigenvalue weighted by atomic mass is 35.5. The van der Waals surface area contributed by atoms with E-state index in [1.807, 2.05) is 84.9 Å². The maximum Gasteiger partial charge on any atom is 0.350 e.